The van der Waals surface area contributed by atoms with Gasteiger partial charge in [-0.15, -0.1) is 0 Å². The second-order valence-corrected chi connectivity index (χ2v) is 8.51. The van der Waals surface area contributed by atoms with Gasteiger partial charge in [-0.05, 0) is 24.3 Å². The third-order valence-corrected chi connectivity index (χ3v) is 6.35. The molecule has 2 aromatic carbocycles. The summed E-state index contributed by atoms with van der Waals surface area (Å²) in [5, 5.41) is 5.86. The molecule has 0 aliphatic carbocycles. The van der Waals surface area contributed by atoms with Crippen LogP contribution in [0.1, 0.15) is 6.42 Å². The third-order valence-electron chi connectivity index (χ3n) is 6.35. The van der Waals surface area contributed by atoms with Crippen molar-refractivity contribution in [1.29, 1.82) is 0 Å². The lowest BCUT2D eigenvalue weighted by Crippen LogP contribution is -2.50. The number of amides is 3. The van der Waals surface area contributed by atoms with Crippen LogP contribution < -0.4 is 29.9 Å². The van der Waals surface area contributed by atoms with Crippen molar-refractivity contribution in [2.24, 2.45) is 0 Å². The van der Waals surface area contributed by atoms with Crippen LogP contribution in [0, 0.1) is 0 Å². The first-order valence-electron chi connectivity index (χ1n) is 11.7. The Kier molecular flexibility index (Phi) is 7.74. The number of piperazine rings is 1. The van der Waals surface area contributed by atoms with E-state index in [1.807, 2.05) is 12.1 Å². The molecule has 2 saturated heterocycles. The second kappa shape index (κ2) is 11.1. The molecule has 0 radical (unpaired) electrons. The first-order chi connectivity index (χ1) is 16.6. The van der Waals surface area contributed by atoms with Crippen molar-refractivity contribution in [3.05, 3.63) is 48.5 Å². The highest BCUT2D eigenvalue weighted by molar-refractivity contribution is 5.97. The normalized spacial score (nSPS) is 18.6. The molecule has 0 bridgehead atoms. The van der Waals surface area contributed by atoms with E-state index in [4.69, 9.17) is 9.47 Å². The number of para-hydroxylation sites is 1. The maximum absolute atomic E-state index is 12.5. The van der Waals surface area contributed by atoms with Crippen LogP contribution in [0.3, 0.4) is 0 Å². The summed E-state index contributed by atoms with van der Waals surface area (Å²) in [7, 11) is 3.13. The Morgan fingerprint density at radius 1 is 0.971 bits per heavy atom. The van der Waals surface area contributed by atoms with Gasteiger partial charge in [-0.2, -0.15) is 0 Å². The molecule has 2 fully saturated rings. The number of benzene rings is 2. The number of urea groups is 1. The van der Waals surface area contributed by atoms with Gasteiger partial charge >= 0.3 is 6.03 Å². The fourth-order valence-corrected chi connectivity index (χ4v) is 4.48. The van der Waals surface area contributed by atoms with Crippen molar-refractivity contribution >= 4 is 23.3 Å². The Bertz CT molecular complexity index is 979. The van der Waals surface area contributed by atoms with Gasteiger partial charge in [-0.3, -0.25) is 9.69 Å². The molecule has 0 spiro atoms. The Balaban J connectivity index is 1.18. The maximum Gasteiger partial charge on any atom is 0.315 e. The number of rotatable bonds is 8. The smallest absolute Gasteiger partial charge is 0.315 e. The number of nitrogens with zero attached hydrogens (tertiary/aromatic N) is 3. The predicted octanol–water partition coefficient (Wildman–Crippen LogP) is 1.93. The van der Waals surface area contributed by atoms with Crippen LogP contribution >= 0.6 is 0 Å². The minimum Gasteiger partial charge on any atom is -0.493 e. The van der Waals surface area contributed by atoms with Crippen molar-refractivity contribution in [3.8, 4) is 11.5 Å². The molecule has 2 aliphatic heterocycles. The molecule has 9 nitrogen and oxygen atoms in total. The summed E-state index contributed by atoms with van der Waals surface area (Å²) in [6, 6.07) is 15.3. The van der Waals surface area contributed by atoms with Crippen molar-refractivity contribution in [1.82, 2.24) is 15.5 Å². The molecule has 3 amide bonds. The van der Waals surface area contributed by atoms with Gasteiger partial charge in [0, 0.05) is 69.7 Å². The zero-order valence-corrected chi connectivity index (χ0v) is 19.8. The molecule has 0 unspecified atom stereocenters. The molecular weight excluding hydrogens is 434 g/mol. The Morgan fingerprint density at radius 2 is 1.71 bits per heavy atom. The summed E-state index contributed by atoms with van der Waals surface area (Å²) in [5.41, 5.74) is 1.98. The Morgan fingerprint density at radius 3 is 2.41 bits per heavy atom. The number of ether oxygens (including phenoxy) is 2. The van der Waals surface area contributed by atoms with Crippen LogP contribution in [0.5, 0.6) is 11.5 Å². The average molecular weight is 468 g/mol. The monoisotopic (exact) mass is 467 g/mol. The van der Waals surface area contributed by atoms with Crippen LogP contribution in [-0.4, -0.2) is 82.9 Å². The summed E-state index contributed by atoms with van der Waals surface area (Å²) in [6.07, 6.45) is 0.267. The quantitative estimate of drug-likeness (QED) is 0.617. The molecule has 2 aromatic rings. The highest BCUT2D eigenvalue weighted by Gasteiger charge is 2.32. The molecule has 182 valence electrons. The number of methoxy groups -OCH3 is 2. The van der Waals surface area contributed by atoms with E-state index in [-0.39, 0.29) is 24.4 Å². The highest BCUT2D eigenvalue weighted by atomic mass is 16.5. The van der Waals surface area contributed by atoms with E-state index in [2.05, 4.69) is 44.7 Å². The molecule has 0 aromatic heterocycles. The minimum atomic E-state index is -0.241. The van der Waals surface area contributed by atoms with Crippen LogP contribution in [0.25, 0.3) is 0 Å². The van der Waals surface area contributed by atoms with Crippen molar-refractivity contribution < 1.29 is 19.1 Å². The van der Waals surface area contributed by atoms with Crippen LogP contribution in [0.2, 0.25) is 0 Å². The first-order valence-corrected chi connectivity index (χ1v) is 11.7. The zero-order valence-electron chi connectivity index (χ0n) is 19.8. The van der Waals surface area contributed by atoms with Gasteiger partial charge in [0.25, 0.3) is 0 Å². The molecule has 9 heteroatoms. The van der Waals surface area contributed by atoms with E-state index in [1.165, 1.54) is 5.69 Å². The number of hydrogen-bond acceptors (Lipinski definition) is 6. The lowest BCUT2D eigenvalue weighted by Gasteiger charge is -2.36. The van der Waals surface area contributed by atoms with Gasteiger partial charge in [0.1, 0.15) is 0 Å². The molecule has 1 atom stereocenters. The molecule has 0 saturated carbocycles. The number of carbonyl (C=O) groups excluding carboxylic acids is 2. The zero-order chi connectivity index (χ0) is 23.9. The second-order valence-electron chi connectivity index (χ2n) is 8.51. The number of nitrogens with one attached hydrogen (secondary N) is 2. The van der Waals surface area contributed by atoms with Gasteiger partial charge in [-0.1, -0.05) is 18.2 Å². The summed E-state index contributed by atoms with van der Waals surface area (Å²) in [6.45, 7) is 5.68. The topological polar surface area (TPSA) is 86.4 Å². The minimum absolute atomic E-state index is 0.0335. The van der Waals surface area contributed by atoms with Crippen molar-refractivity contribution in [2.75, 3.05) is 69.8 Å². The van der Waals surface area contributed by atoms with Gasteiger partial charge in [0.15, 0.2) is 11.5 Å². The summed E-state index contributed by atoms with van der Waals surface area (Å²) < 4.78 is 10.6. The van der Waals surface area contributed by atoms with E-state index in [9.17, 15) is 9.59 Å². The standard InChI is InChI=1S/C25H33N5O4/c1-33-22-9-8-21(17-23(22)34-2)30-18-19(16-24(30)31)27-25(32)26-10-11-28-12-14-29(15-13-28)20-6-4-3-5-7-20/h3-9,17,19H,10-16,18H2,1-2H3,(H2,26,27,32)/t19-/m1/s1. The van der Waals surface area contributed by atoms with Crippen LogP contribution in [0.15, 0.2) is 48.5 Å². The largest absolute Gasteiger partial charge is 0.493 e. The Hall–Kier alpha value is -3.46. The molecular formula is C25H33N5O4. The fraction of sp³-hybridized carbons (Fsp3) is 0.440. The summed E-state index contributed by atoms with van der Waals surface area (Å²) in [5.74, 6) is 1.13. The van der Waals surface area contributed by atoms with E-state index < -0.39 is 0 Å². The molecule has 2 heterocycles. The van der Waals surface area contributed by atoms with Gasteiger partial charge in [0.05, 0.1) is 20.3 Å². The molecule has 4 rings (SSSR count). The van der Waals surface area contributed by atoms with E-state index >= 15 is 0 Å². The van der Waals surface area contributed by atoms with E-state index in [0.717, 1.165) is 38.4 Å². The molecule has 2 aliphatic rings. The van der Waals surface area contributed by atoms with Crippen LogP contribution in [0.4, 0.5) is 16.2 Å². The van der Waals surface area contributed by atoms with Gasteiger partial charge in [-0.25, -0.2) is 4.79 Å². The van der Waals surface area contributed by atoms with E-state index in [1.54, 1.807) is 31.3 Å². The van der Waals surface area contributed by atoms with Crippen LogP contribution in [-0.2, 0) is 4.79 Å². The van der Waals surface area contributed by atoms with Crippen molar-refractivity contribution in [2.45, 2.75) is 12.5 Å². The van der Waals surface area contributed by atoms with Gasteiger partial charge < -0.3 is 29.9 Å². The Labute approximate surface area is 200 Å². The third kappa shape index (κ3) is 5.72. The molecule has 2 N–H and O–H groups in total. The van der Waals surface area contributed by atoms with Crippen molar-refractivity contribution in [3.63, 3.8) is 0 Å². The summed E-state index contributed by atoms with van der Waals surface area (Å²) in [4.78, 5) is 31.3. The van der Waals surface area contributed by atoms with Gasteiger partial charge in [0.2, 0.25) is 5.91 Å². The fourth-order valence-electron chi connectivity index (χ4n) is 4.48. The van der Waals surface area contributed by atoms with E-state index in [0.29, 0.717) is 24.6 Å². The number of hydrogen-bond donors (Lipinski definition) is 2. The predicted molar refractivity (Wildman–Crippen MR) is 132 cm³/mol. The maximum atomic E-state index is 12.5. The summed E-state index contributed by atoms with van der Waals surface area (Å²) >= 11 is 0. The lowest BCUT2D eigenvalue weighted by molar-refractivity contribution is -0.117. The SMILES string of the molecule is COc1ccc(N2C[C@H](NC(=O)NCCN3CCN(c4ccccc4)CC3)CC2=O)cc1OC. The average Bonchev–Trinajstić information content (AvgIpc) is 3.24. The number of anilines is 2. The lowest BCUT2D eigenvalue weighted by atomic mass is 10.2. The first kappa shape index (κ1) is 23.7. The number of carbonyl (C=O) groups is 2. The highest BCUT2D eigenvalue weighted by Crippen LogP contribution is 2.33. The molecule has 34 heavy (non-hydrogen) atoms.